The smallest absolute Gasteiger partial charge is 0.331 e. The number of carboxylic acid groups (broad SMARTS) is 2. The fourth-order valence-corrected chi connectivity index (χ4v) is 1.17. The summed E-state index contributed by atoms with van der Waals surface area (Å²) < 4.78 is 0. The number of carbonyl (C=O) groups is 2. The second kappa shape index (κ2) is 6.81. The molecule has 0 aliphatic carbocycles. The molecule has 15 heavy (non-hydrogen) atoms. The molecule has 1 unspecified atom stereocenters. The van der Waals surface area contributed by atoms with Crippen LogP contribution in [0.1, 0.15) is 26.2 Å². The van der Waals surface area contributed by atoms with E-state index in [4.69, 9.17) is 10.2 Å². The summed E-state index contributed by atoms with van der Waals surface area (Å²) in [6, 6.07) is 0. The van der Waals surface area contributed by atoms with Gasteiger partial charge in [0.25, 0.3) is 0 Å². The first kappa shape index (κ1) is 13.4. The molecular weight excluding hydrogens is 196 g/mol. The minimum Gasteiger partial charge on any atom is -0.478 e. The van der Waals surface area contributed by atoms with Crippen LogP contribution in [0.3, 0.4) is 0 Å². The zero-order chi connectivity index (χ0) is 11.8. The van der Waals surface area contributed by atoms with Gasteiger partial charge in [-0.1, -0.05) is 32.4 Å². The van der Waals surface area contributed by atoms with Gasteiger partial charge in [0, 0.05) is 17.6 Å². The molecule has 0 bridgehead atoms. The molecule has 0 radical (unpaired) electrons. The molecule has 0 amide bonds. The largest absolute Gasteiger partial charge is 0.478 e. The van der Waals surface area contributed by atoms with Crippen LogP contribution < -0.4 is 0 Å². The molecular formula is C11H16O4. The first-order chi connectivity index (χ1) is 6.99. The average Bonchev–Trinajstić information content (AvgIpc) is 2.16. The second-order valence-corrected chi connectivity index (χ2v) is 3.28. The molecule has 0 rings (SSSR count). The van der Waals surface area contributed by atoms with Crippen LogP contribution in [0.5, 0.6) is 0 Å². The third-order valence-corrected chi connectivity index (χ3v) is 2.06. The van der Waals surface area contributed by atoms with Crippen molar-refractivity contribution in [3.05, 3.63) is 24.3 Å². The van der Waals surface area contributed by atoms with Crippen LogP contribution in [-0.2, 0) is 9.59 Å². The van der Waals surface area contributed by atoms with Crippen LogP contribution in [0.2, 0.25) is 0 Å². The highest BCUT2D eigenvalue weighted by molar-refractivity contribution is 5.87. The van der Waals surface area contributed by atoms with E-state index in [1.54, 1.807) is 0 Å². The topological polar surface area (TPSA) is 74.6 Å². The number of aliphatic carboxylic acids is 2. The van der Waals surface area contributed by atoms with Crippen molar-refractivity contribution in [1.82, 2.24) is 0 Å². The number of rotatable bonds is 7. The van der Waals surface area contributed by atoms with E-state index in [-0.39, 0.29) is 5.57 Å². The Kier molecular flexibility index (Phi) is 6.09. The van der Waals surface area contributed by atoms with Crippen molar-refractivity contribution < 1.29 is 19.8 Å². The molecule has 84 valence electrons. The van der Waals surface area contributed by atoms with Gasteiger partial charge in [-0.2, -0.15) is 0 Å². The van der Waals surface area contributed by atoms with E-state index in [9.17, 15) is 9.59 Å². The third kappa shape index (κ3) is 5.67. The van der Waals surface area contributed by atoms with Crippen molar-refractivity contribution in [2.45, 2.75) is 26.2 Å². The predicted molar refractivity (Wildman–Crippen MR) is 56.6 cm³/mol. The minimum atomic E-state index is -1.08. The molecule has 4 heteroatoms. The fraction of sp³-hybridized carbons (Fsp3) is 0.455. The van der Waals surface area contributed by atoms with Gasteiger partial charge in [-0.25, -0.2) is 9.59 Å². The number of allylic oxidation sites excluding steroid dienone is 1. The lowest BCUT2D eigenvalue weighted by Gasteiger charge is -2.11. The van der Waals surface area contributed by atoms with E-state index in [1.807, 2.05) is 6.92 Å². The van der Waals surface area contributed by atoms with Crippen LogP contribution in [0.4, 0.5) is 0 Å². The van der Waals surface area contributed by atoms with Crippen LogP contribution in [-0.4, -0.2) is 22.2 Å². The van der Waals surface area contributed by atoms with Gasteiger partial charge in [-0.15, -0.1) is 0 Å². The van der Waals surface area contributed by atoms with Crippen LogP contribution >= 0.6 is 0 Å². The Bertz CT molecular complexity index is 278. The van der Waals surface area contributed by atoms with Crippen molar-refractivity contribution in [2.24, 2.45) is 5.92 Å². The lowest BCUT2D eigenvalue weighted by molar-refractivity contribution is -0.133. The molecule has 0 saturated heterocycles. The van der Waals surface area contributed by atoms with E-state index in [1.165, 1.54) is 6.08 Å². The maximum Gasteiger partial charge on any atom is 0.331 e. The predicted octanol–water partition coefficient (Wildman–Crippen LogP) is 2.07. The number of hydrogen-bond acceptors (Lipinski definition) is 2. The van der Waals surface area contributed by atoms with E-state index in [0.29, 0.717) is 6.42 Å². The standard InChI is InChI=1S/C11H16O4/c1-3-4-5-9(6-7-10(12)13)8(2)11(14)15/h6-7,9H,2-5H2,1H3,(H,12,13)(H,14,15). The Morgan fingerprint density at radius 2 is 2.00 bits per heavy atom. The van der Waals surface area contributed by atoms with Crippen molar-refractivity contribution in [3.63, 3.8) is 0 Å². The number of carboxylic acids is 2. The summed E-state index contributed by atoms with van der Waals surface area (Å²) >= 11 is 0. The zero-order valence-electron chi connectivity index (χ0n) is 8.77. The Balaban J connectivity index is 4.50. The van der Waals surface area contributed by atoms with Crippen LogP contribution in [0.25, 0.3) is 0 Å². The van der Waals surface area contributed by atoms with Crippen LogP contribution in [0.15, 0.2) is 24.3 Å². The van der Waals surface area contributed by atoms with Gasteiger partial charge < -0.3 is 10.2 Å². The summed E-state index contributed by atoms with van der Waals surface area (Å²) in [5.41, 5.74) is 0.0425. The second-order valence-electron chi connectivity index (χ2n) is 3.28. The molecule has 4 nitrogen and oxygen atoms in total. The van der Waals surface area contributed by atoms with Gasteiger partial charge in [-0.05, 0) is 6.42 Å². The van der Waals surface area contributed by atoms with E-state index in [0.717, 1.165) is 18.9 Å². The third-order valence-electron chi connectivity index (χ3n) is 2.06. The maximum absolute atomic E-state index is 10.7. The lowest BCUT2D eigenvalue weighted by atomic mass is 9.94. The normalized spacial score (nSPS) is 12.6. The lowest BCUT2D eigenvalue weighted by Crippen LogP contribution is -2.10. The number of hydrogen-bond donors (Lipinski definition) is 2. The van der Waals surface area contributed by atoms with Crippen molar-refractivity contribution in [3.8, 4) is 0 Å². The summed E-state index contributed by atoms with van der Waals surface area (Å²) in [6.07, 6.45) is 4.75. The summed E-state index contributed by atoms with van der Waals surface area (Å²) in [4.78, 5) is 21.0. The van der Waals surface area contributed by atoms with Gasteiger partial charge in [0.2, 0.25) is 0 Å². The molecule has 2 N–H and O–H groups in total. The molecule has 0 aromatic rings. The molecule has 0 aromatic carbocycles. The summed E-state index contributed by atoms with van der Waals surface area (Å²) in [7, 11) is 0. The first-order valence-corrected chi connectivity index (χ1v) is 4.82. The van der Waals surface area contributed by atoms with Gasteiger partial charge in [-0.3, -0.25) is 0 Å². The summed E-state index contributed by atoms with van der Waals surface area (Å²) in [5, 5.41) is 17.2. The fourth-order valence-electron chi connectivity index (χ4n) is 1.17. The van der Waals surface area contributed by atoms with Gasteiger partial charge in [0.05, 0.1) is 0 Å². The monoisotopic (exact) mass is 212 g/mol. The van der Waals surface area contributed by atoms with E-state index < -0.39 is 17.9 Å². The average molecular weight is 212 g/mol. The molecule has 1 atom stereocenters. The SMILES string of the molecule is C=C(C(=O)O)C(C=CC(=O)O)CCCC. The zero-order valence-corrected chi connectivity index (χ0v) is 8.77. The van der Waals surface area contributed by atoms with Gasteiger partial charge >= 0.3 is 11.9 Å². The van der Waals surface area contributed by atoms with Crippen molar-refractivity contribution in [2.75, 3.05) is 0 Å². The molecule has 0 saturated carbocycles. The van der Waals surface area contributed by atoms with Crippen LogP contribution in [0, 0.1) is 5.92 Å². The van der Waals surface area contributed by atoms with Gasteiger partial charge in [0.15, 0.2) is 0 Å². The van der Waals surface area contributed by atoms with Crippen molar-refractivity contribution >= 4 is 11.9 Å². The van der Waals surface area contributed by atoms with E-state index in [2.05, 4.69) is 6.58 Å². The molecule has 0 aliphatic heterocycles. The van der Waals surface area contributed by atoms with Crippen molar-refractivity contribution in [1.29, 1.82) is 0 Å². The highest BCUT2D eigenvalue weighted by Crippen LogP contribution is 2.18. The Hall–Kier alpha value is -1.58. The molecule has 0 heterocycles. The Morgan fingerprint density at radius 3 is 2.40 bits per heavy atom. The Labute approximate surface area is 88.9 Å². The highest BCUT2D eigenvalue weighted by atomic mass is 16.4. The molecule has 0 spiro atoms. The number of unbranched alkanes of at least 4 members (excludes halogenated alkanes) is 1. The quantitative estimate of drug-likeness (QED) is 0.633. The molecule has 0 aliphatic rings. The van der Waals surface area contributed by atoms with Gasteiger partial charge in [0.1, 0.15) is 0 Å². The maximum atomic E-state index is 10.7. The summed E-state index contributed by atoms with van der Waals surface area (Å²) in [6.45, 7) is 5.43. The molecule has 0 aromatic heterocycles. The first-order valence-electron chi connectivity index (χ1n) is 4.82. The Morgan fingerprint density at radius 1 is 1.40 bits per heavy atom. The highest BCUT2D eigenvalue weighted by Gasteiger charge is 2.15. The van der Waals surface area contributed by atoms with E-state index >= 15 is 0 Å². The summed E-state index contributed by atoms with van der Waals surface area (Å²) in [5.74, 6) is -2.54. The molecule has 0 fully saturated rings. The minimum absolute atomic E-state index is 0.0425.